The summed E-state index contributed by atoms with van der Waals surface area (Å²) in [7, 11) is 0. The molecule has 0 aliphatic carbocycles. The highest BCUT2D eigenvalue weighted by Crippen LogP contribution is 2.26. The first-order valence-corrected chi connectivity index (χ1v) is 9.13. The van der Waals surface area contributed by atoms with E-state index in [4.69, 9.17) is 0 Å². The fourth-order valence-corrected chi connectivity index (χ4v) is 3.73. The number of halogens is 1. The summed E-state index contributed by atoms with van der Waals surface area (Å²) >= 11 is 4.35. The summed E-state index contributed by atoms with van der Waals surface area (Å²) in [6, 6.07) is 4.95. The van der Waals surface area contributed by atoms with Crippen LogP contribution < -0.4 is 5.32 Å². The normalized spacial score (nSPS) is 10.6. The van der Waals surface area contributed by atoms with E-state index in [0.29, 0.717) is 12.1 Å². The van der Waals surface area contributed by atoms with Crippen molar-refractivity contribution in [3.05, 3.63) is 35.1 Å². The highest BCUT2D eigenvalue weighted by molar-refractivity contribution is 8.03. The highest BCUT2D eigenvalue weighted by Gasteiger charge is 2.08. The number of carbonyl (C=O) groups excluding carboxylic acids is 1. The molecule has 112 valence electrons. The van der Waals surface area contributed by atoms with E-state index in [1.54, 1.807) is 19.1 Å². The quantitative estimate of drug-likeness (QED) is 0.817. The molecule has 4 nitrogen and oxygen atoms in total. The van der Waals surface area contributed by atoms with Gasteiger partial charge in [-0.2, -0.15) is 0 Å². The van der Waals surface area contributed by atoms with E-state index in [-0.39, 0.29) is 17.5 Å². The van der Waals surface area contributed by atoms with Crippen molar-refractivity contribution in [2.24, 2.45) is 0 Å². The number of benzene rings is 1. The summed E-state index contributed by atoms with van der Waals surface area (Å²) in [6.45, 7) is 2.03. The summed E-state index contributed by atoms with van der Waals surface area (Å²) in [4.78, 5) is 11.7. The molecule has 0 fully saturated rings. The molecule has 0 spiro atoms. The first-order valence-electron chi connectivity index (χ1n) is 6.10. The molecule has 0 aliphatic rings. The molecule has 1 aromatic carbocycles. The zero-order valence-electron chi connectivity index (χ0n) is 11.6. The van der Waals surface area contributed by atoms with Crippen molar-refractivity contribution in [2.75, 3.05) is 12.0 Å². The van der Waals surface area contributed by atoms with E-state index in [2.05, 4.69) is 15.5 Å². The van der Waals surface area contributed by atoms with E-state index < -0.39 is 0 Å². The van der Waals surface area contributed by atoms with Gasteiger partial charge in [0, 0.05) is 6.54 Å². The van der Waals surface area contributed by atoms with Gasteiger partial charge in [-0.05, 0) is 30.4 Å². The summed E-state index contributed by atoms with van der Waals surface area (Å²) in [5.74, 6) is -0.0892. The van der Waals surface area contributed by atoms with E-state index in [0.717, 1.165) is 14.2 Å². The Labute approximate surface area is 134 Å². The van der Waals surface area contributed by atoms with Crippen LogP contribution in [0.15, 0.2) is 26.9 Å². The number of thioether (sulfide) groups is 2. The average molecular weight is 343 g/mol. The summed E-state index contributed by atoms with van der Waals surface area (Å²) < 4.78 is 15.0. The minimum Gasteiger partial charge on any atom is -0.351 e. The van der Waals surface area contributed by atoms with Gasteiger partial charge in [0.2, 0.25) is 5.91 Å². The van der Waals surface area contributed by atoms with E-state index >= 15 is 0 Å². The maximum absolute atomic E-state index is 13.4. The van der Waals surface area contributed by atoms with Crippen molar-refractivity contribution in [3.8, 4) is 0 Å². The highest BCUT2D eigenvalue weighted by atomic mass is 32.2. The van der Waals surface area contributed by atoms with E-state index in [9.17, 15) is 9.18 Å². The van der Waals surface area contributed by atoms with Crippen molar-refractivity contribution in [1.82, 2.24) is 15.5 Å². The molecular formula is C13H14FN3OS3. The number of aromatic nitrogens is 2. The van der Waals surface area contributed by atoms with Crippen LogP contribution in [-0.2, 0) is 11.3 Å². The maximum atomic E-state index is 13.4. The fourth-order valence-electron chi connectivity index (χ4n) is 1.46. The van der Waals surface area contributed by atoms with Gasteiger partial charge in [0.15, 0.2) is 8.68 Å². The largest absolute Gasteiger partial charge is 0.351 e. The topological polar surface area (TPSA) is 54.9 Å². The van der Waals surface area contributed by atoms with Gasteiger partial charge in [0.05, 0.1) is 5.75 Å². The summed E-state index contributed by atoms with van der Waals surface area (Å²) in [5.41, 5.74) is 1.35. The molecule has 21 heavy (non-hydrogen) atoms. The minimum atomic E-state index is -0.255. The van der Waals surface area contributed by atoms with Crippen molar-refractivity contribution < 1.29 is 9.18 Å². The number of rotatable bonds is 6. The second-order valence-electron chi connectivity index (χ2n) is 4.19. The molecule has 1 heterocycles. The minimum absolute atomic E-state index is 0.109. The number of hydrogen-bond donors (Lipinski definition) is 1. The monoisotopic (exact) mass is 343 g/mol. The van der Waals surface area contributed by atoms with Gasteiger partial charge in [-0.3, -0.25) is 4.79 Å². The Kier molecular flexibility index (Phi) is 6.01. The molecule has 8 heteroatoms. The molecule has 0 saturated heterocycles. The van der Waals surface area contributed by atoms with Crippen LogP contribution >= 0.6 is 34.9 Å². The fraction of sp³-hybridized carbons (Fsp3) is 0.308. The zero-order valence-corrected chi connectivity index (χ0v) is 14.0. The number of nitrogens with zero attached hydrogens (tertiary/aromatic N) is 2. The molecule has 0 aliphatic heterocycles. The summed E-state index contributed by atoms with van der Waals surface area (Å²) in [5, 5.41) is 10.7. The van der Waals surface area contributed by atoms with Gasteiger partial charge in [-0.15, -0.1) is 10.2 Å². The Balaban J connectivity index is 1.77. The Morgan fingerprint density at radius 3 is 2.81 bits per heavy atom. The predicted molar refractivity (Wildman–Crippen MR) is 85.4 cm³/mol. The van der Waals surface area contributed by atoms with Crippen molar-refractivity contribution in [3.63, 3.8) is 0 Å². The lowest BCUT2D eigenvalue weighted by Crippen LogP contribution is -2.24. The predicted octanol–water partition coefficient (Wildman–Crippen LogP) is 3.12. The Hall–Kier alpha value is -1.12. The van der Waals surface area contributed by atoms with Gasteiger partial charge in [-0.1, -0.05) is 47.0 Å². The SMILES string of the molecule is CSc1nnc(SCC(=O)NCc2ccc(C)c(F)c2)s1. The Bertz CT molecular complexity index is 633. The molecule has 2 rings (SSSR count). The van der Waals surface area contributed by atoms with Gasteiger partial charge >= 0.3 is 0 Å². The van der Waals surface area contributed by atoms with Gasteiger partial charge in [0.1, 0.15) is 5.82 Å². The van der Waals surface area contributed by atoms with E-state index in [1.807, 2.05) is 6.26 Å². The molecule has 0 atom stereocenters. The summed E-state index contributed by atoms with van der Waals surface area (Å²) in [6.07, 6.45) is 1.93. The van der Waals surface area contributed by atoms with Crippen molar-refractivity contribution in [1.29, 1.82) is 0 Å². The number of nitrogens with one attached hydrogen (secondary N) is 1. The van der Waals surface area contributed by atoms with Gasteiger partial charge < -0.3 is 5.32 Å². The molecule has 1 aromatic heterocycles. The van der Waals surface area contributed by atoms with Crippen molar-refractivity contribution >= 4 is 40.8 Å². The second kappa shape index (κ2) is 7.77. The molecule has 1 N–H and O–H groups in total. The van der Waals surface area contributed by atoms with Crippen LogP contribution in [0.4, 0.5) is 4.39 Å². The molecule has 0 saturated carbocycles. The maximum Gasteiger partial charge on any atom is 0.230 e. The van der Waals surface area contributed by atoms with E-state index in [1.165, 1.54) is 40.9 Å². The van der Waals surface area contributed by atoms with Crippen molar-refractivity contribution in [2.45, 2.75) is 22.1 Å². The van der Waals surface area contributed by atoms with Crippen LogP contribution in [0, 0.1) is 12.7 Å². The average Bonchev–Trinajstić information content (AvgIpc) is 2.94. The molecule has 2 aromatic rings. The van der Waals surface area contributed by atoms with Gasteiger partial charge in [0.25, 0.3) is 0 Å². The Morgan fingerprint density at radius 1 is 1.38 bits per heavy atom. The Morgan fingerprint density at radius 2 is 2.14 bits per heavy atom. The van der Waals surface area contributed by atoms with Crippen LogP contribution in [0.3, 0.4) is 0 Å². The van der Waals surface area contributed by atoms with Crippen LogP contribution in [0.25, 0.3) is 0 Å². The molecule has 1 amide bonds. The standard InChI is InChI=1S/C13H14FN3OS3/c1-8-3-4-9(5-10(8)14)6-15-11(18)7-20-13-17-16-12(19-2)21-13/h3-5H,6-7H2,1-2H3,(H,15,18). The lowest BCUT2D eigenvalue weighted by atomic mass is 10.1. The third-order valence-electron chi connectivity index (χ3n) is 2.62. The third kappa shape index (κ3) is 4.98. The van der Waals surface area contributed by atoms with Crippen LogP contribution in [0.2, 0.25) is 0 Å². The zero-order chi connectivity index (χ0) is 15.2. The van der Waals surface area contributed by atoms with Crippen LogP contribution in [0.1, 0.15) is 11.1 Å². The van der Waals surface area contributed by atoms with Gasteiger partial charge in [-0.25, -0.2) is 4.39 Å². The lowest BCUT2D eigenvalue weighted by Gasteiger charge is -2.05. The molecular weight excluding hydrogens is 329 g/mol. The number of hydrogen-bond acceptors (Lipinski definition) is 6. The molecule has 0 radical (unpaired) electrons. The smallest absolute Gasteiger partial charge is 0.230 e. The molecule has 0 unspecified atom stereocenters. The number of amides is 1. The lowest BCUT2D eigenvalue weighted by molar-refractivity contribution is -0.118. The first kappa shape index (κ1) is 16.3. The second-order valence-corrected chi connectivity index (χ2v) is 7.44. The number of aryl methyl sites for hydroxylation is 1. The number of carbonyl (C=O) groups is 1. The first-order chi connectivity index (χ1) is 10.1. The van der Waals surface area contributed by atoms with Crippen LogP contribution in [-0.4, -0.2) is 28.1 Å². The molecule has 0 bridgehead atoms. The third-order valence-corrected chi connectivity index (χ3v) is 5.65. The van der Waals surface area contributed by atoms with Crippen LogP contribution in [0.5, 0.6) is 0 Å².